The van der Waals surface area contributed by atoms with Gasteiger partial charge in [0.05, 0.1) is 6.54 Å². The lowest BCUT2D eigenvalue weighted by molar-refractivity contribution is 0.0896. The highest BCUT2D eigenvalue weighted by Crippen LogP contribution is 2.35. The topological polar surface area (TPSA) is 20.3 Å². The fraction of sp³-hybridized carbons (Fsp3) is 0.588. The first-order valence-corrected chi connectivity index (χ1v) is 8.56. The third-order valence-corrected chi connectivity index (χ3v) is 5.40. The average Bonchev–Trinajstić information content (AvgIpc) is 3.09. The molecule has 3 heteroatoms. The summed E-state index contributed by atoms with van der Waals surface area (Å²) in [5, 5.41) is 0. The zero-order chi connectivity index (χ0) is 13.9. The molecule has 1 aliphatic heterocycles. The molecule has 1 heterocycles. The van der Waals surface area contributed by atoms with Gasteiger partial charge in [0.25, 0.3) is 0 Å². The van der Waals surface area contributed by atoms with Crippen LogP contribution in [0.1, 0.15) is 48.9 Å². The number of hydrogen-bond donors (Lipinski definition) is 0. The van der Waals surface area contributed by atoms with Crippen molar-refractivity contribution < 1.29 is 4.79 Å². The van der Waals surface area contributed by atoms with Crippen LogP contribution in [0.2, 0.25) is 0 Å². The van der Waals surface area contributed by atoms with E-state index < -0.39 is 0 Å². The molecular formula is C17H22BrNO. The number of ketones is 1. The van der Waals surface area contributed by atoms with Crippen molar-refractivity contribution in [3.8, 4) is 0 Å². The minimum atomic E-state index is 0.266. The van der Waals surface area contributed by atoms with Gasteiger partial charge < -0.3 is 0 Å². The van der Waals surface area contributed by atoms with Crippen LogP contribution >= 0.6 is 15.9 Å². The summed E-state index contributed by atoms with van der Waals surface area (Å²) in [6.45, 7) is 1.70. The van der Waals surface area contributed by atoms with Gasteiger partial charge in [-0.3, -0.25) is 9.69 Å². The molecule has 2 fully saturated rings. The number of benzene rings is 1. The number of rotatable bonds is 4. The van der Waals surface area contributed by atoms with Crippen LogP contribution in [0.4, 0.5) is 0 Å². The molecule has 0 spiro atoms. The average molecular weight is 336 g/mol. The van der Waals surface area contributed by atoms with E-state index in [1.54, 1.807) is 0 Å². The number of carbonyl (C=O) groups is 1. The van der Waals surface area contributed by atoms with E-state index in [2.05, 4.69) is 20.8 Å². The van der Waals surface area contributed by atoms with Crippen molar-refractivity contribution in [3.05, 3.63) is 34.3 Å². The zero-order valence-electron chi connectivity index (χ0n) is 11.9. The molecule has 1 aromatic carbocycles. The SMILES string of the molecule is O=C(CN1CCCC1C1CCCC1)c1ccc(Br)cc1. The van der Waals surface area contributed by atoms with Crippen LogP contribution in [-0.2, 0) is 0 Å². The summed E-state index contributed by atoms with van der Waals surface area (Å²) in [7, 11) is 0. The molecule has 1 aromatic rings. The first-order valence-electron chi connectivity index (χ1n) is 7.77. The Hall–Kier alpha value is -0.670. The third-order valence-electron chi connectivity index (χ3n) is 4.87. The highest BCUT2D eigenvalue weighted by Gasteiger charge is 2.34. The number of Topliss-reactive ketones (excluding diaryl/α,β-unsaturated/α-hetero) is 1. The Morgan fingerprint density at radius 3 is 2.50 bits per heavy atom. The fourth-order valence-electron chi connectivity index (χ4n) is 3.84. The molecule has 1 aliphatic carbocycles. The third kappa shape index (κ3) is 3.15. The minimum absolute atomic E-state index is 0.266. The quantitative estimate of drug-likeness (QED) is 0.765. The van der Waals surface area contributed by atoms with Gasteiger partial charge in [-0.2, -0.15) is 0 Å². The van der Waals surface area contributed by atoms with Gasteiger partial charge >= 0.3 is 0 Å². The lowest BCUT2D eigenvalue weighted by Gasteiger charge is -2.28. The van der Waals surface area contributed by atoms with Crippen LogP contribution in [0.25, 0.3) is 0 Å². The number of carbonyl (C=O) groups excluding carboxylic acids is 1. The summed E-state index contributed by atoms with van der Waals surface area (Å²) in [5.74, 6) is 1.11. The van der Waals surface area contributed by atoms with Crippen molar-refractivity contribution in [2.45, 2.75) is 44.6 Å². The molecule has 0 amide bonds. The second-order valence-corrected chi connectivity index (χ2v) is 7.07. The van der Waals surface area contributed by atoms with E-state index in [9.17, 15) is 4.79 Å². The summed E-state index contributed by atoms with van der Waals surface area (Å²) >= 11 is 3.42. The van der Waals surface area contributed by atoms with Crippen LogP contribution in [0.3, 0.4) is 0 Å². The monoisotopic (exact) mass is 335 g/mol. The molecule has 20 heavy (non-hydrogen) atoms. The molecule has 2 nitrogen and oxygen atoms in total. The number of hydrogen-bond acceptors (Lipinski definition) is 2. The first kappa shape index (κ1) is 14.3. The van der Waals surface area contributed by atoms with E-state index in [0.717, 1.165) is 22.5 Å². The zero-order valence-corrected chi connectivity index (χ0v) is 13.4. The van der Waals surface area contributed by atoms with Crippen molar-refractivity contribution in [3.63, 3.8) is 0 Å². The second-order valence-electron chi connectivity index (χ2n) is 6.15. The van der Waals surface area contributed by atoms with E-state index in [-0.39, 0.29) is 5.78 Å². The Bertz CT molecular complexity index is 464. The molecule has 1 unspecified atom stereocenters. The van der Waals surface area contributed by atoms with Crippen LogP contribution in [0, 0.1) is 5.92 Å². The fourth-order valence-corrected chi connectivity index (χ4v) is 4.10. The highest BCUT2D eigenvalue weighted by molar-refractivity contribution is 9.10. The van der Waals surface area contributed by atoms with Crippen molar-refractivity contribution in [2.75, 3.05) is 13.1 Å². The molecule has 0 bridgehead atoms. The highest BCUT2D eigenvalue weighted by atomic mass is 79.9. The molecule has 1 saturated heterocycles. The van der Waals surface area contributed by atoms with Gasteiger partial charge in [0.15, 0.2) is 5.78 Å². The van der Waals surface area contributed by atoms with Crippen LogP contribution in [0.15, 0.2) is 28.7 Å². The van der Waals surface area contributed by atoms with Gasteiger partial charge in [-0.05, 0) is 50.3 Å². The molecule has 0 aromatic heterocycles. The van der Waals surface area contributed by atoms with Gasteiger partial charge in [-0.25, -0.2) is 0 Å². The van der Waals surface area contributed by atoms with Crippen molar-refractivity contribution >= 4 is 21.7 Å². The van der Waals surface area contributed by atoms with E-state index >= 15 is 0 Å². The number of halogens is 1. The molecule has 0 N–H and O–H groups in total. The van der Waals surface area contributed by atoms with E-state index in [4.69, 9.17) is 0 Å². The summed E-state index contributed by atoms with van der Waals surface area (Å²) in [5.41, 5.74) is 0.838. The Balaban J connectivity index is 1.63. The summed E-state index contributed by atoms with van der Waals surface area (Å²) in [4.78, 5) is 14.9. The summed E-state index contributed by atoms with van der Waals surface area (Å²) in [6.07, 6.45) is 8.06. The van der Waals surface area contributed by atoms with Gasteiger partial charge in [0, 0.05) is 16.1 Å². The predicted molar refractivity (Wildman–Crippen MR) is 85.0 cm³/mol. The first-order chi connectivity index (χ1) is 9.74. The van der Waals surface area contributed by atoms with Crippen LogP contribution < -0.4 is 0 Å². The van der Waals surface area contributed by atoms with Crippen LogP contribution in [0.5, 0.6) is 0 Å². The largest absolute Gasteiger partial charge is 0.293 e. The number of likely N-dealkylation sites (tertiary alicyclic amines) is 1. The van der Waals surface area contributed by atoms with Gasteiger partial charge in [0.1, 0.15) is 0 Å². The second kappa shape index (κ2) is 6.40. The normalized spacial score (nSPS) is 24.4. The van der Waals surface area contributed by atoms with E-state index in [0.29, 0.717) is 12.6 Å². The summed E-state index contributed by atoms with van der Waals surface area (Å²) < 4.78 is 1.03. The molecule has 2 aliphatic rings. The molecule has 1 atom stereocenters. The standard InChI is InChI=1S/C17H22BrNO/c18-15-9-7-14(8-10-15)17(20)12-19-11-3-6-16(19)13-4-1-2-5-13/h7-10,13,16H,1-6,11-12H2. The lowest BCUT2D eigenvalue weighted by atomic mass is 9.95. The van der Waals surface area contributed by atoms with Gasteiger partial charge in [-0.1, -0.05) is 40.9 Å². The van der Waals surface area contributed by atoms with E-state index in [1.165, 1.54) is 38.5 Å². The molecule has 0 radical (unpaired) electrons. The molecule has 108 valence electrons. The van der Waals surface area contributed by atoms with Crippen LogP contribution in [-0.4, -0.2) is 29.8 Å². The molecule has 1 saturated carbocycles. The maximum atomic E-state index is 12.4. The van der Waals surface area contributed by atoms with Gasteiger partial charge in [-0.15, -0.1) is 0 Å². The Kier molecular flexibility index (Phi) is 4.57. The Morgan fingerprint density at radius 2 is 1.80 bits per heavy atom. The van der Waals surface area contributed by atoms with Crippen molar-refractivity contribution in [1.29, 1.82) is 0 Å². The van der Waals surface area contributed by atoms with Crippen molar-refractivity contribution in [1.82, 2.24) is 4.90 Å². The molecule has 3 rings (SSSR count). The van der Waals surface area contributed by atoms with Crippen molar-refractivity contribution in [2.24, 2.45) is 5.92 Å². The maximum absolute atomic E-state index is 12.4. The Morgan fingerprint density at radius 1 is 1.10 bits per heavy atom. The minimum Gasteiger partial charge on any atom is -0.293 e. The Labute approximate surface area is 129 Å². The number of nitrogens with zero attached hydrogens (tertiary/aromatic N) is 1. The summed E-state index contributed by atoms with van der Waals surface area (Å²) in [6, 6.07) is 8.41. The predicted octanol–water partition coefficient (Wildman–Crippen LogP) is 4.29. The smallest absolute Gasteiger partial charge is 0.176 e. The lowest BCUT2D eigenvalue weighted by Crippen LogP contribution is -2.38. The van der Waals surface area contributed by atoms with E-state index in [1.807, 2.05) is 24.3 Å². The molecular weight excluding hydrogens is 314 g/mol. The van der Waals surface area contributed by atoms with Gasteiger partial charge in [0.2, 0.25) is 0 Å². The maximum Gasteiger partial charge on any atom is 0.176 e.